The molecule has 0 radical (unpaired) electrons. The van der Waals surface area contributed by atoms with Gasteiger partial charge in [0.1, 0.15) is 6.54 Å². The number of likely N-dealkylation sites (N-methyl/N-ethyl adjacent to an activating group) is 2. The van der Waals surface area contributed by atoms with Crippen molar-refractivity contribution in [1.29, 1.82) is 0 Å². The number of amides is 2. The molecule has 7 nitrogen and oxygen atoms in total. The maximum Gasteiger partial charge on any atom is 0.275 e. The summed E-state index contributed by atoms with van der Waals surface area (Å²) in [6, 6.07) is 3.85. The van der Waals surface area contributed by atoms with E-state index in [1.807, 2.05) is 26.1 Å². The Morgan fingerprint density at radius 2 is 1.74 bits per heavy atom. The molecule has 3 N–H and O–H groups in total. The average molecular weight is 324 g/mol. The van der Waals surface area contributed by atoms with Crippen LogP contribution in [0.15, 0.2) is 12.1 Å². The molecule has 1 rings (SSSR count). The van der Waals surface area contributed by atoms with Crippen molar-refractivity contribution in [3.63, 3.8) is 0 Å². The molecular formula is C16H26N3O4+. The molecule has 0 saturated heterocycles. The van der Waals surface area contributed by atoms with Crippen LogP contribution >= 0.6 is 0 Å². The lowest BCUT2D eigenvalue weighted by Crippen LogP contribution is -3.09. The number of rotatable bonds is 8. The third kappa shape index (κ3) is 5.78. The van der Waals surface area contributed by atoms with Gasteiger partial charge in [0.2, 0.25) is 5.91 Å². The molecule has 1 unspecified atom stereocenters. The van der Waals surface area contributed by atoms with Crippen molar-refractivity contribution in [1.82, 2.24) is 10.6 Å². The normalized spacial score (nSPS) is 11.5. The first-order chi connectivity index (χ1) is 10.9. The zero-order chi connectivity index (χ0) is 17.4. The van der Waals surface area contributed by atoms with Crippen LogP contribution in [0.4, 0.5) is 0 Å². The van der Waals surface area contributed by atoms with Crippen molar-refractivity contribution in [2.24, 2.45) is 0 Å². The average Bonchev–Trinajstić information content (AvgIpc) is 2.53. The molecule has 7 heteroatoms. The number of carbonyl (C=O) groups is 2. The van der Waals surface area contributed by atoms with Gasteiger partial charge in [0.15, 0.2) is 18.0 Å². The first-order valence-corrected chi connectivity index (χ1v) is 7.41. The SMILES string of the molecule is CNC(=O)CNC(=O)C[NH+](C)Cc1cc(OC)c(OC)cc1C. The lowest BCUT2D eigenvalue weighted by Gasteiger charge is -2.17. The summed E-state index contributed by atoms with van der Waals surface area (Å²) in [5, 5.41) is 5.05. The van der Waals surface area contributed by atoms with Gasteiger partial charge in [0, 0.05) is 12.6 Å². The molecule has 0 aliphatic heterocycles. The number of nitrogens with one attached hydrogen (secondary N) is 3. The standard InChI is InChI=1S/C16H25N3O4/c1-11-6-13(22-4)14(23-5)7-12(11)9-19(3)10-16(21)18-8-15(20)17-2/h6-7H,8-10H2,1-5H3,(H,17,20)(H,18,21)/p+1. The smallest absolute Gasteiger partial charge is 0.275 e. The van der Waals surface area contributed by atoms with E-state index in [-0.39, 0.29) is 24.9 Å². The maximum absolute atomic E-state index is 11.8. The van der Waals surface area contributed by atoms with E-state index in [9.17, 15) is 9.59 Å². The molecule has 0 aromatic heterocycles. The van der Waals surface area contributed by atoms with Crippen LogP contribution in [-0.2, 0) is 16.1 Å². The van der Waals surface area contributed by atoms with Gasteiger partial charge in [-0.3, -0.25) is 9.59 Å². The quantitative estimate of drug-likeness (QED) is 0.566. The minimum atomic E-state index is -0.216. The molecule has 23 heavy (non-hydrogen) atoms. The number of ether oxygens (including phenoxy) is 2. The van der Waals surface area contributed by atoms with Gasteiger partial charge in [0.05, 0.1) is 27.8 Å². The fourth-order valence-corrected chi connectivity index (χ4v) is 2.20. The minimum absolute atomic E-state index is 0.00198. The van der Waals surface area contributed by atoms with E-state index in [1.54, 1.807) is 14.2 Å². The molecule has 0 bridgehead atoms. The lowest BCUT2D eigenvalue weighted by molar-refractivity contribution is -0.885. The Kier molecular flexibility index (Phi) is 7.34. The van der Waals surface area contributed by atoms with E-state index >= 15 is 0 Å². The van der Waals surface area contributed by atoms with E-state index in [1.165, 1.54) is 7.05 Å². The van der Waals surface area contributed by atoms with Gasteiger partial charge in [-0.1, -0.05) is 0 Å². The first kappa shape index (κ1) is 18.8. The first-order valence-electron chi connectivity index (χ1n) is 7.41. The second-order valence-electron chi connectivity index (χ2n) is 5.39. The maximum atomic E-state index is 11.8. The van der Waals surface area contributed by atoms with E-state index in [0.717, 1.165) is 16.0 Å². The number of hydrogen-bond donors (Lipinski definition) is 3. The summed E-state index contributed by atoms with van der Waals surface area (Å²) in [7, 11) is 6.66. The van der Waals surface area contributed by atoms with Crippen LogP contribution in [0, 0.1) is 6.92 Å². The van der Waals surface area contributed by atoms with Crippen molar-refractivity contribution in [3.8, 4) is 11.5 Å². The van der Waals surface area contributed by atoms with Gasteiger partial charge in [0.25, 0.3) is 5.91 Å². The van der Waals surface area contributed by atoms with Crippen molar-refractivity contribution in [2.75, 3.05) is 41.4 Å². The van der Waals surface area contributed by atoms with E-state index in [4.69, 9.17) is 9.47 Å². The molecule has 0 aliphatic carbocycles. The van der Waals surface area contributed by atoms with Gasteiger partial charge >= 0.3 is 0 Å². The molecule has 2 amide bonds. The van der Waals surface area contributed by atoms with Crippen molar-refractivity contribution < 1.29 is 24.0 Å². The number of carbonyl (C=O) groups excluding carboxylic acids is 2. The monoisotopic (exact) mass is 324 g/mol. The second-order valence-corrected chi connectivity index (χ2v) is 5.39. The third-order valence-corrected chi connectivity index (χ3v) is 3.52. The van der Waals surface area contributed by atoms with Crippen LogP contribution in [0.5, 0.6) is 11.5 Å². The highest BCUT2D eigenvalue weighted by Crippen LogP contribution is 2.29. The largest absolute Gasteiger partial charge is 0.493 e. The second kappa shape index (κ2) is 8.99. The Balaban J connectivity index is 2.65. The molecule has 0 fully saturated rings. The van der Waals surface area contributed by atoms with Crippen LogP contribution in [0.25, 0.3) is 0 Å². The molecule has 0 spiro atoms. The van der Waals surface area contributed by atoms with Crippen molar-refractivity contribution in [3.05, 3.63) is 23.3 Å². The van der Waals surface area contributed by atoms with E-state index in [2.05, 4.69) is 10.6 Å². The van der Waals surface area contributed by atoms with Crippen LogP contribution in [-0.4, -0.2) is 53.2 Å². The Bertz CT molecular complexity index is 561. The Hall–Kier alpha value is -2.28. The summed E-state index contributed by atoms with van der Waals surface area (Å²) in [6.45, 7) is 2.94. The molecular weight excluding hydrogens is 298 g/mol. The highest BCUT2D eigenvalue weighted by molar-refractivity contribution is 5.84. The van der Waals surface area contributed by atoms with Gasteiger partial charge in [-0.05, 0) is 24.6 Å². The fraction of sp³-hybridized carbons (Fsp3) is 0.500. The Labute approximate surface area is 136 Å². The minimum Gasteiger partial charge on any atom is -0.493 e. The molecule has 0 heterocycles. The predicted molar refractivity (Wildman–Crippen MR) is 86.8 cm³/mol. The van der Waals surface area contributed by atoms with Crippen LogP contribution < -0.4 is 25.0 Å². The van der Waals surface area contributed by atoms with E-state index < -0.39 is 0 Å². The third-order valence-electron chi connectivity index (χ3n) is 3.52. The number of aryl methyl sites for hydroxylation is 1. The number of hydrogen-bond acceptors (Lipinski definition) is 4. The van der Waals surface area contributed by atoms with Gasteiger partial charge in [-0.15, -0.1) is 0 Å². The lowest BCUT2D eigenvalue weighted by atomic mass is 10.1. The zero-order valence-corrected chi connectivity index (χ0v) is 14.4. The summed E-state index contributed by atoms with van der Waals surface area (Å²) in [5.41, 5.74) is 2.16. The summed E-state index contributed by atoms with van der Waals surface area (Å²) in [6.07, 6.45) is 0. The van der Waals surface area contributed by atoms with E-state index in [0.29, 0.717) is 18.0 Å². The molecule has 128 valence electrons. The summed E-state index contributed by atoms with van der Waals surface area (Å²) in [4.78, 5) is 23.9. The zero-order valence-electron chi connectivity index (χ0n) is 14.4. The summed E-state index contributed by atoms with van der Waals surface area (Å²) in [5.74, 6) is 0.982. The summed E-state index contributed by atoms with van der Waals surface area (Å²) < 4.78 is 10.6. The summed E-state index contributed by atoms with van der Waals surface area (Å²) >= 11 is 0. The predicted octanol–water partition coefficient (Wildman–Crippen LogP) is -1.11. The highest BCUT2D eigenvalue weighted by atomic mass is 16.5. The number of quaternary nitrogens is 1. The van der Waals surface area contributed by atoms with Gasteiger partial charge < -0.3 is 25.0 Å². The molecule has 0 aliphatic rings. The Morgan fingerprint density at radius 3 is 2.30 bits per heavy atom. The molecule has 0 saturated carbocycles. The molecule has 1 atom stereocenters. The molecule has 1 aromatic rings. The number of benzene rings is 1. The van der Waals surface area contributed by atoms with Gasteiger partial charge in [-0.25, -0.2) is 0 Å². The van der Waals surface area contributed by atoms with Crippen molar-refractivity contribution in [2.45, 2.75) is 13.5 Å². The van der Waals surface area contributed by atoms with Crippen LogP contribution in [0.2, 0.25) is 0 Å². The number of methoxy groups -OCH3 is 2. The van der Waals surface area contributed by atoms with Crippen molar-refractivity contribution >= 4 is 11.8 Å². The Morgan fingerprint density at radius 1 is 1.13 bits per heavy atom. The highest BCUT2D eigenvalue weighted by Gasteiger charge is 2.15. The van der Waals surface area contributed by atoms with Crippen LogP contribution in [0.3, 0.4) is 0 Å². The fourth-order valence-electron chi connectivity index (χ4n) is 2.20. The topological polar surface area (TPSA) is 81.1 Å². The van der Waals surface area contributed by atoms with Crippen LogP contribution in [0.1, 0.15) is 11.1 Å². The van der Waals surface area contributed by atoms with Gasteiger partial charge in [-0.2, -0.15) is 0 Å². The molecule has 1 aromatic carbocycles.